The van der Waals surface area contributed by atoms with Crippen molar-refractivity contribution in [2.45, 2.75) is 135 Å². The normalized spacial score (nSPS) is 13.3. The minimum absolute atomic E-state index is 0.0859. The van der Waals surface area contributed by atoms with Crippen molar-refractivity contribution in [2.24, 2.45) is 0 Å². The van der Waals surface area contributed by atoms with E-state index in [9.17, 15) is 18.3 Å². The standard InChI is InChI=1S/C30H60N2O5S/c1-4-5-6-7-8-9-10-11-12-13-14-15-16-17-18-19-20-21-22-24-30(34)31-25-23-26-32(2,3)27-29(33)28-38(35,36)37/h11-12,29,33H,4-10,13-28H2,1-3H3,(H-,31,34,35,36,37)/p+1. The highest BCUT2D eigenvalue weighted by Gasteiger charge is 2.24. The van der Waals surface area contributed by atoms with E-state index in [2.05, 4.69) is 24.4 Å². The van der Waals surface area contributed by atoms with Crippen LogP contribution in [0.5, 0.6) is 0 Å². The van der Waals surface area contributed by atoms with Crippen LogP contribution in [0.15, 0.2) is 12.2 Å². The molecule has 0 aromatic heterocycles. The maximum absolute atomic E-state index is 12.0. The summed E-state index contributed by atoms with van der Waals surface area (Å²) in [5.74, 6) is -0.564. The third kappa shape index (κ3) is 28.1. The maximum Gasteiger partial charge on any atom is 0.267 e. The fourth-order valence-electron chi connectivity index (χ4n) is 4.84. The van der Waals surface area contributed by atoms with Crippen molar-refractivity contribution in [1.82, 2.24) is 5.32 Å². The van der Waals surface area contributed by atoms with Gasteiger partial charge in [-0.3, -0.25) is 9.35 Å². The zero-order valence-electron chi connectivity index (χ0n) is 25.0. The first-order valence-electron chi connectivity index (χ1n) is 15.4. The quantitative estimate of drug-likeness (QED) is 0.0465. The molecule has 0 heterocycles. The molecular weight excluding hydrogens is 500 g/mol. The van der Waals surface area contributed by atoms with Gasteiger partial charge in [-0.15, -0.1) is 0 Å². The molecule has 1 unspecified atom stereocenters. The van der Waals surface area contributed by atoms with Crippen LogP contribution in [-0.2, 0) is 14.9 Å². The second-order valence-corrected chi connectivity index (χ2v) is 13.2. The lowest BCUT2D eigenvalue weighted by Crippen LogP contribution is -2.48. The Morgan fingerprint density at radius 3 is 1.76 bits per heavy atom. The minimum atomic E-state index is -4.18. The van der Waals surface area contributed by atoms with E-state index in [4.69, 9.17) is 4.55 Å². The van der Waals surface area contributed by atoms with Crippen molar-refractivity contribution < 1.29 is 27.4 Å². The lowest BCUT2D eigenvalue weighted by Gasteiger charge is -2.31. The van der Waals surface area contributed by atoms with Crippen LogP contribution < -0.4 is 5.32 Å². The van der Waals surface area contributed by atoms with Crippen molar-refractivity contribution in [3.05, 3.63) is 12.2 Å². The van der Waals surface area contributed by atoms with Gasteiger partial charge in [-0.05, 0) is 32.1 Å². The van der Waals surface area contributed by atoms with Gasteiger partial charge in [0.2, 0.25) is 5.91 Å². The number of carbonyl (C=O) groups is 1. The smallest absolute Gasteiger partial charge is 0.267 e. The third-order valence-corrected chi connectivity index (χ3v) is 7.84. The van der Waals surface area contributed by atoms with E-state index in [-0.39, 0.29) is 12.5 Å². The van der Waals surface area contributed by atoms with Gasteiger partial charge in [0, 0.05) is 19.4 Å². The number of quaternary nitrogens is 1. The average Bonchev–Trinajstić information content (AvgIpc) is 2.81. The Hall–Kier alpha value is -0.960. The van der Waals surface area contributed by atoms with Crippen molar-refractivity contribution in [3.8, 4) is 0 Å². The number of nitrogens with zero attached hydrogens (tertiary/aromatic N) is 1. The molecule has 0 radical (unpaired) electrons. The number of allylic oxidation sites excluding steroid dienone is 2. The van der Waals surface area contributed by atoms with Gasteiger partial charge in [0.15, 0.2) is 0 Å². The Morgan fingerprint density at radius 2 is 1.26 bits per heavy atom. The van der Waals surface area contributed by atoms with Gasteiger partial charge >= 0.3 is 0 Å². The zero-order chi connectivity index (χ0) is 28.5. The summed E-state index contributed by atoms with van der Waals surface area (Å²) in [7, 11) is -0.392. The molecule has 0 saturated carbocycles. The van der Waals surface area contributed by atoms with Crippen LogP contribution in [0, 0.1) is 0 Å². The monoisotopic (exact) mass is 561 g/mol. The lowest BCUT2D eigenvalue weighted by atomic mass is 10.1. The summed E-state index contributed by atoms with van der Waals surface area (Å²) >= 11 is 0. The minimum Gasteiger partial charge on any atom is -0.386 e. The molecule has 0 rings (SSSR count). The summed E-state index contributed by atoms with van der Waals surface area (Å²) in [6.45, 7) is 3.76. The number of unbranched alkanes of at least 4 members (excludes halogenated alkanes) is 15. The second kappa shape index (κ2) is 23.9. The van der Waals surface area contributed by atoms with Crippen LogP contribution in [0.1, 0.15) is 129 Å². The largest absolute Gasteiger partial charge is 0.386 e. The van der Waals surface area contributed by atoms with E-state index in [1.807, 2.05) is 14.1 Å². The van der Waals surface area contributed by atoms with Gasteiger partial charge in [0.05, 0.1) is 20.6 Å². The van der Waals surface area contributed by atoms with Crippen LogP contribution >= 0.6 is 0 Å². The number of hydrogen-bond donors (Lipinski definition) is 3. The molecule has 0 bridgehead atoms. The lowest BCUT2D eigenvalue weighted by molar-refractivity contribution is -0.893. The van der Waals surface area contributed by atoms with Gasteiger partial charge in [-0.25, -0.2) is 0 Å². The highest BCUT2D eigenvalue weighted by atomic mass is 32.2. The van der Waals surface area contributed by atoms with E-state index < -0.39 is 22.0 Å². The fourth-order valence-corrected chi connectivity index (χ4v) is 5.44. The van der Waals surface area contributed by atoms with Crippen molar-refractivity contribution in [2.75, 3.05) is 39.5 Å². The van der Waals surface area contributed by atoms with Gasteiger partial charge in [-0.2, -0.15) is 8.42 Å². The molecule has 0 spiro atoms. The maximum atomic E-state index is 12.0. The Morgan fingerprint density at radius 1 is 0.789 bits per heavy atom. The van der Waals surface area contributed by atoms with Crippen LogP contribution in [-0.4, -0.2) is 74.1 Å². The van der Waals surface area contributed by atoms with E-state index in [1.54, 1.807) is 0 Å². The summed E-state index contributed by atoms with van der Waals surface area (Å²) in [6, 6.07) is 0. The van der Waals surface area contributed by atoms with Crippen LogP contribution in [0.3, 0.4) is 0 Å². The molecule has 0 aliphatic rings. The number of likely N-dealkylation sites (N-methyl/N-ethyl adjacent to an activating group) is 1. The fraction of sp³-hybridized carbons (Fsp3) is 0.900. The molecule has 0 saturated heterocycles. The Labute approximate surface area is 235 Å². The second-order valence-electron chi connectivity index (χ2n) is 11.7. The van der Waals surface area contributed by atoms with Crippen LogP contribution in [0.4, 0.5) is 0 Å². The van der Waals surface area contributed by atoms with Gasteiger partial charge in [0.25, 0.3) is 10.1 Å². The molecular formula is C30H61N2O5S+. The van der Waals surface area contributed by atoms with Crippen LogP contribution in [0.25, 0.3) is 0 Å². The molecule has 0 aliphatic carbocycles. The predicted molar refractivity (Wildman–Crippen MR) is 160 cm³/mol. The first kappa shape index (κ1) is 37.0. The first-order chi connectivity index (χ1) is 18.1. The van der Waals surface area contributed by atoms with Crippen molar-refractivity contribution >= 4 is 16.0 Å². The molecule has 1 amide bonds. The number of amides is 1. The predicted octanol–water partition coefficient (Wildman–Crippen LogP) is 6.42. The Balaban J connectivity index is 3.47. The summed E-state index contributed by atoms with van der Waals surface area (Å²) in [6.07, 6.45) is 26.8. The summed E-state index contributed by atoms with van der Waals surface area (Å²) in [4.78, 5) is 12.0. The number of nitrogens with one attached hydrogen (secondary N) is 1. The summed E-state index contributed by atoms with van der Waals surface area (Å²) < 4.78 is 31.0. The van der Waals surface area contributed by atoms with Gasteiger partial charge in [-0.1, -0.05) is 96.1 Å². The zero-order valence-corrected chi connectivity index (χ0v) is 25.8. The molecule has 3 N–H and O–H groups in total. The topological polar surface area (TPSA) is 104 Å². The number of rotatable bonds is 27. The summed E-state index contributed by atoms with van der Waals surface area (Å²) in [5.41, 5.74) is 0. The number of aliphatic hydroxyl groups excluding tert-OH is 1. The van der Waals surface area contributed by atoms with Gasteiger partial charge < -0.3 is 14.9 Å². The van der Waals surface area contributed by atoms with E-state index in [0.717, 1.165) is 19.3 Å². The molecule has 0 aromatic rings. The molecule has 38 heavy (non-hydrogen) atoms. The Kier molecular flexibility index (Phi) is 23.3. The highest BCUT2D eigenvalue weighted by molar-refractivity contribution is 7.85. The van der Waals surface area contributed by atoms with Crippen LogP contribution in [0.2, 0.25) is 0 Å². The SMILES string of the molecule is CCCCCCCCC=CCCCCCCCCCCCC(=O)NCCC[N+](C)(C)CC(O)CS(=O)(=O)O. The number of hydrogen-bond acceptors (Lipinski definition) is 4. The Bertz CT molecular complexity index is 695. The first-order valence-corrected chi connectivity index (χ1v) is 17.0. The molecule has 8 heteroatoms. The van der Waals surface area contributed by atoms with E-state index >= 15 is 0 Å². The van der Waals surface area contributed by atoms with Crippen molar-refractivity contribution in [1.29, 1.82) is 0 Å². The van der Waals surface area contributed by atoms with Gasteiger partial charge in [0.1, 0.15) is 18.4 Å². The van der Waals surface area contributed by atoms with E-state index in [0.29, 0.717) is 24.0 Å². The molecule has 226 valence electrons. The molecule has 1 atom stereocenters. The molecule has 0 fully saturated rings. The summed E-state index contributed by atoms with van der Waals surface area (Å²) in [5, 5.41) is 12.8. The average molecular weight is 562 g/mol. The van der Waals surface area contributed by atoms with Crippen molar-refractivity contribution in [3.63, 3.8) is 0 Å². The highest BCUT2D eigenvalue weighted by Crippen LogP contribution is 2.12. The molecule has 0 aliphatic heterocycles. The molecule has 0 aromatic carbocycles. The van der Waals surface area contributed by atoms with E-state index in [1.165, 1.54) is 96.3 Å². The molecule has 7 nitrogen and oxygen atoms in total. The third-order valence-electron chi connectivity index (χ3n) is 7.04. The number of carbonyl (C=O) groups excluding carboxylic acids is 1. The number of aliphatic hydroxyl groups is 1.